The zero-order valence-corrected chi connectivity index (χ0v) is 17.4. The molecular formula is C18H21FN4O6S. The topological polar surface area (TPSA) is 134 Å². The molecule has 1 unspecified atom stereocenters. The minimum Gasteiger partial charge on any atom is -0.366 e. The minimum atomic E-state index is -3.99. The first-order chi connectivity index (χ1) is 14.0. The molecule has 1 aromatic rings. The number of carbonyl (C=O) groups is 3. The van der Waals surface area contributed by atoms with Gasteiger partial charge in [0.25, 0.3) is 17.6 Å². The molecule has 2 N–H and O–H groups in total. The largest absolute Gasteiger partial charge is 0.366 e. The third-order valence-electron chi connectivity index (χ3n) is 4.82. The Bertz CT molecular complexity index is 1050. The third-order valence-corrected chi connectivity index (χ3v) is 6.31. The van der Waals surface area contributed by atoms with Crippen LogP contribution in [0.4, 0.5) is 4.39 Å². The normalized spacial score (nSPS) is 21.1. The fourth-order valence-electron chi connectivity index (χ4n) is 3.23. The predicted molar refractivity (Wildman–Crippen MR) is 102 cm³/mol. The average molecular weight is 440 g/mol. The highest BCUT2D eigenvalue weighted by molar-refractivity contribution is 7.89. The highest BCUT2D eigenvalue weighted by Crippen LogP contribution is 2.24. The van der Waals surface area contributed by atoms with Gasteiger partial charge in [-0.3, -0.25) is 19.3 Å². The quantitative estimate of drug-likeness (QED) is 0.461. The summed E-state index contributed by atoms with van der Waals surface area (Å²) in [5, 5.41) is 2.41. The lowest BCUT2D eigenvalue weighted by molar-refractivity contribution is -0.148. The number of carbonyl (C=O) groups excluding carboxylic acids is 3. The first-order valence-electron chi connectivity index (χ1n) is 9.05. The molecule has 30 heavy (non-hydrogen) atoms. The second-order valence-corrected chi connectivity index (χ2v) is 9.07. The van der Waals surface area contributed by atoms with Gasteiger partial charge in [0.15, 0.2) is 6.04 Å². The molecule has 2 aliphatic rings. The lowest BCUT2D eigenvalue weighted by atomic mass is 9.99. The van der Waals surface area contributed by atoms with E-state index in [-0.39, 0.29) is 36.0 Å². The molecular weight excluding hydrogens is 419 g/mol. The number of morpholine rings is 1. The Morgan fingerprint density at radius 2 is 2.07 bits per heavy atom. The van der Waals surface area contributed by atoms with Gasteiger partial charge in [0.05, 0.1) is 18.0 Å². The number of amides is 2. The molecule has 0 aromatic heterocycles. The number of Topliss-reactive ketones (excluding diaryl/α,β-unsaturated/α-hetero) is 1. The maximum atomic E-state index is 13.5. The van der Waals surface area contributed by atoms with Crippen molar-refractivity contribution in [2.45, 2.75) is 36.9 Å². The van der Waals surface area contributed by atoms with Crippen LogP contribution in [0.5, 0.6) is 0 Å². The van der Waals surface area contributed by atoms with Crippen molar-refractivity contribution in [2.24, 2.45) is 4.99 Å². The third kappa shape index (κ3) is 3.98. The van der Waals surface area contributed by atoms with Crippen molar-refractivity contribution in [2.75, 3.05) is 20.2 Å². The molecule has 1 aromatic carbocycles. The SMILES string of the molecule is CNS(=O)(=O)c1cc(F)ccc1CNC(=O)C1N=C2N(CCOC2(C)C)C(=O)C1=O. The van der Waals surface area contributed by atoms with Crippen LogP contribution in [-0.2, 0) is 35.7 Å². The van der Waals surface area contributed by atoms with Gasteiger partial charge in [-0.15, -0.1) is 0 Å². The van der Waals surface area contributed by atoms with E-state index in [1.165, 1.54) is 18.0 Å². The summed E-state index contributed by atoms with van der Waals surface area (Å²) < 4.78 is 45.4. The van der Waals surface area contributed by atoms with E-state index in [2.05, 4.69) is 15.0 Å². The lowest BCUT2D eigenvalue weighted by Crippen LogP contribution is -2.62. The van der Waals surface area contributed by atoms with E-state index in [0.717, 1.165) is 12.1 Å². The van der Waals surface area contributed by atoms with Crippen LogP contribution >= 0.6 is 0 Å². The van der Waals surface area contributed by atoms with Crippen molar-refractivity contribution >= 4 is 33.5 Å². The molecule has 2 aliphatic heterocycles. The van der Waals surface area contributed by atoms with Crippen molar-refractivity contribution in [1.82, 2.24) is 14.9 Å². The summed E-state index contributed by atoms with van der Waals surface area (Å²) in [6, 6.07) is 1.46. The zero-order chi connectivity index (χ0) is 22.3. The number of ether oxygens (including phenoxy) is 1. The van der Waals surface area contributed by atoms with Gasteiger partial charge in [0.1, 0.15) is 17.3 Å². The van der Waals surface area contributed by atoms with Gasteiger partial charge in [0.2, 0.25) is 10.0 Å². The second-order valence-electron chi connectivity index (χ2n) is 7.21. The number of ketones is 1. The van der Waals surface area contributed by atoms with Gasteiger partial charge < -0.3 is 10.1 Å². The van der Waals surface area contributed by atoms with Gasteiger partial charge in [-0.1, -0.05) is 6.07 Å². The van der Waals surface area contributed by atoms with E-state index >= 15 is 0 Å². The van der Waals surface area contributed by atoms with Gasteiger partial charge in [-0.25, -0.2) is 22.5 Å². The Balaban J connectivity index is 1.85. The molecule has 2 heterocycles. The van der Waals surface area contributed by atoms with Crippen molar-refractivity contribution in [3.05, 3.63) is 29.6 Å². The van der Waals surface area contributed by atoms with E-state index in [4.69, 9.17) is 4.74 Å². The number of nitrogens with one attached hydrogen (secondary N) is 2. The lowest BCUT2D eigenvalue weighted by Gasteiger charge is -2.41. The van der Waals surface area contributed by atoms with Crippen LogP contribution in [-0.4, -0.2) is 68.6 Å². The van der Waals surface area contributed by atoms with Crippen LogP contribution in [0.3, 0.4) is 0 Å². The second kappa shape index (κ2) is 7.85. The van der Waals surface area contributed by atoms with Crippen molar-refractivity contribution < 1.29 is 31.9 Å². The molecule has 1 saturated heterocycles. The van der Waals surface area contributed by atoms with Crippen LogP contribution in [0.15, 0.2) is 28.1 Å². The summed E-state index contributed by atoms with van der Waals surface area (Å²) in [6.45, 7) is 3.41. The Hall–Kier alpha value is -2.70. The molecule has 3 rings (SSSR count). The first kappa shape index (κ1) is 22.0. The maximum absolute atomic E-state index is 13.5. The number of hydrogen-bond acceptors (Lipinski definition) is 7. The molecule has 162 valence electrons. The number of halogens is 1. The highest BCUT2D eigenvalue weighted by Gasteiger charge is 2.47. The van der Waals surface area contributed by atoms with Gasteiger partial charge >= 0.3 is 0 Å². The average Bonchev–Trinajstić information content (AvgIpc) is 2.69. The molecule has 0 spiro atoms. The molecule has 0 bridgehead atoms. The molecule has 0 aliphatic carbocycles. The molecule has 2 amide bonds. The van der Waals surface area contributed by atoms with Crippen molar-refractivity contribution in [1.29, 1.82) is 0 Å². The minimum absolute atomic E-state index is 0.101. The molecule has 10 nitrogen and oxygen atoms in total. The Morgan fingerprint density at radius 1 is 1.37 bits per heavy atom. The summed E-state index contributed by atoms with van der Waals surface area (Å²) in [4.78, 5) is 42.5. The summed E-state index contributed by atoms with van der Waals surface area (Å²) in [5.41, 5.74) is -0.859. The number of aliphatic imine (C=N–C) groups is 1. The smallest absolute Gasteiger partial charge is 0.298 e. The number of fused-ring (bicyclic) bond motifs is 1. The molecule has 0 radical (unpaired) electrons. The number of hydrogen-bond donors (Lipinski definition) is 2. The number of rotatable bonds is 5. The van der Waals surface area contributed by atoms with Crippen molar-refractivity contribution in [3.63, 3.8) is 0 Å². The number of sulfonamides is 1. The van der Waals surface area contributed by atoms with E-state index in [1.807, 2.05) is 0 Å². The summed E-state index contributed by atoms with van der Waals surface area (Å²) in [7, 11) is -2.82. The standard InChI is InChI=1S/C18H21FN4O6S/c1-18(2)17-22-13(14(24)16(26)23(17)6-7-29-18)15(25)21-9-10-4-5-11(19)8-12(10)30(27,28)20-3/h4-5,8,13,20H,6-7,9H2,1-3H3,(H,21,25). The zero-order valence-electron chi connectivity index (χ0n) is 16.6. The number of benzene rings is 1. The van der Waals surface area contributed by atoms with Crippen LogP contribution in [0.25, 0.3) is 0 Å². The number of amidine groups is 1. The maximum Gasteiger partial charge on any atom is 0.298 e. The van der Waals surface area contributed by atoms with E-state index in [0.29, 0.717) is 0 Å². The summed E-state index contributed by atoms with van der Waals surface area (Å²) >= 11 is 0. The van der Waals surface area contributed by atoms with E-state index < -0.39 is 45.1 Å². The first-order valence-corrected chi connectivity index (χ1v) is 10.5. The molecule has 0 saturated carbocycles. The Labute approximate surface area is 172 Å². The molecule has 1 fully saturated rings. The van der Waals surface area contributed by atoms with Crippen LogP contribution < -0.4 is 10.0 Å². The van der Waals surface area contributed by atoms with Crippen LogP contribution in [0, 0.1) is 5.82 Å². The fourth-order valence-corrected chi connectivity index (χ4v) is 4.21. The number of nitrogens with zero attached hydrogens (tertiary/aromatic N) is 2. The molecule has 1 atom stereocenters. The van der Waals surface area contributed by atoms with Crippen molar-refractivity contribution in [3.8, 4) is 0 Å². The van der Waals surface area contributed by atoms with Crippen LogP contribution in [0.1, 0.15) is 19.4 Å². The molecule has 12 heteroatoms. The Morgan fingerprint density at radius 3 is 2.73 bits per heavy atom. The summed E-state index contributed by atoms with van der Waals surface area (Å²) in [6.07, 6.45) is 0. The predicted octanol–water partition coefficient (Wildman–Crippen LogP) is -0.663. The van der Waals surface area contributed by atoms with Crippen LogP contribution in [0.2, 0.25) is 0 Å². The van der Waals surface area contributed by atoms with E-state index in [1.54, 1.807) is 13.8 Å². The van der Waals surface area contributed by atoms with Gasteiger partial charge in [-0.05, 0) is 38.6 Å². The van der Waals surface area contributed by atoms with E-state index in [9.17, 15) is 27.2 Å². The van der Waals surface area contributed by atoms with Gasteiger partial charge in [0, 0.05) is 6.54 Å². The van der Waals surface area contributed by atoms with Gasteiger partial charge in [-0.2, -0.15) is 0 Å². The summed E-state index contributed by atoms with van der Waals surface area (Å²) in [5.74, 6) is -3.30. The fraction of sp³-hybridized carbons (Fsp3) is 0.444. The monoisotopic (exact) mass is 440 g/mol. The highest BCUT2D eigenvalue weighted by atomic mass is 32.2. The Kier molecular flexibility index (Phi) is 5.76.